The molecule has 4 fully saturated rings. The van der Waals surface area contributed by atoms with E-state index in [9.17, 15) is 14.7 Å². The van der Waals surface area contributed by atoms with Crippen molar-refractivity contribution in [3.8, 4) is 0 Å². The molecule has 6 heteroatoms. The van der Waals surface area contributed by atoms with E-state index in [1.54, 1.807) is 0 Å². The second kappa shape index (κ2) is 5.68. The van der Waals surface area contributed by atoms with Gasteiger partial charge in [-0.25, -0.2) is 0 Å². The van der Waals surface area contributed by atoms with Gasteiger partial charge in [0.15, 0.2) is 0 Å². The number of aliphatic hydroxyl groups excluding tert-OH is 1. The van der Waals surface area contributed by atoms with Crippen LogP contribution in [0.1, 0.15) is 53.9 Å². The third kappa shape index (κ3) is 2.37. The number of carbonyl (C=O) groups excluding carboxylic acids is 2. The fourth-order valence-electron chi connectivity index (χ4n) is 5.86. The molecule has 0 aromatic carbocycles. The number of hydrogen-bond acceptors (Lipinski definition) is 6. The number of carbonyl (C=O) groups is 2. The number of hydrogen-bond donors (Lipinski definition) is 1. The maximum Gasteiger partial charge on any atom is 0.309 e. The van der Waals surface area contributed by atoms with Crippen LogP contribution in [0, 0.1) is 29.1 Å². The number of esters is 2. The van der Waals surface area contributed by atoms with E-state index in [-0.39, 0.29) is 47.8 Å². The molecule has 0 amide bonds. The third-order valence-electron chi connectivity index (χ3n) is 7.47. The van der Waals surface area contributed by atoms with Crippen molar-refractivity contribution in [2.45, 2.75) is 83.9 Å². The van der Waals surface area contributed by atoms with Crippen molar-refractivity contribution in [2.24, 2.45) is 29.1 Å². The highest BCUT2D eigenvalue weighted by Gasteiger charge is 2.76. The fraction of sp³-hybridized carbons (Fsp3) is 0.900. The van der Waals surface area contributed by atoms with E-state index in [0.29, 0.717) is 19.3 Å². The van der Waals surface area contributed by atoms with Crippen molar-refractivity contribution in [3.63, 3.8) is 0 Å². The Morgan fingerprint density at radius 1 is 1.35 bits per heavy atom. The number of rotatable bonds is 3. The van der Waals surface area contributed by atoms with E-state index in [0.717, 1.165) is 0 Å². The summed E-state index contributed by atoms with van der Waals surface area (Å²) in [5.41, 5.74) is -1.11. The van der Waals surface area contributed by atoms with Gasteiger partial charge in [-0.15, -0.1) is 0 Å². The predicted molar refractivity (Wildman–Crippen MR) is 92.0 cm³/mol. The molecule has 2 saturated carbocycles. The summed E-state index contributed by atoms with van der Waals surface area (Å²) in [6, 6.07) is 0. The molecule has 2 aliphatic heterocycles. The van der Waals surface area contributed by atoms with Crippen molar-refractivity contribution in [1.82, 2.24) is 0 Å². The van der Waals surface area contributed by atoms with E-state index >= 15 is 0 Å². The van der Waals surface area contributed by atoms with Crippen LogP contribution >= 0.6 is 0 Å². The lowest BCUT2D eigenvalue weighted by Crippen LogP contribution is -2.65. The Balaban J connectivity index is 1.70. The van der Waals surface area contributed by atoms with E-state index in [1.807, 2.05) is 34.6 Å². The highest BCUT2D eigenvalue weighted by Crippen LogP contribution is 2.66. The molecule has 0 bridgehead atoms. The molecule has 1 N–H and O–H groups in total. The molecule has 26 heavy (non-hydrogen) atoms. The van der Waals surface area contributed by atoms with E-state index in [1.165, 1.54) is 0 Å². The summed E-state index contributed by atoms with van der Waals surface area (Å²) in [7, 11) is 0. The maximum atomic E-state index is 12.4. The smallest absolute Gasteiger partial charge is 0.309 e. The average molecular weight is 366 g/mol. The Morgan fingerprint density at radius 2 is 2.04 bits per heavy atom. The fourth-order valence-corrected chi connectivity index (χ4v) is 5.86. The first kappa shape index (κ1) is 18.2. The van der Waals surface area contributed by atoms with Gasteiger partial charge in [-0.1, -0.05) is 27.7 Å². The van der Waals surface area contributed by atoms with Crippen LogP contribution in [0.3, 0.4) is 0 Å². The van der Waals surface area contributed by atoms with E-state index < -0.39 is 23.2 Å². The molecule has 9 unspecified atom stereocenters. The molecule has 0 aromatic rings. The standard InChI is InChI=1S/C20H30O6/c1-9(2)6-15(22)24-13-7-11-10(3)18(23)25-16(11)17-19(13,4)12(21)8-14-20(17,5)26-14/h9-14,16-17,21H,6-8H2,1-5H3. The zero-order chi connectivity index (χ0) is 19.0. The molecular weight excluding hydrogens is 336 g/mol. The van der Waals surface area contributed by atoms with E-state index in [4.69, 9.17) is 14.2 Å². The van der Waals surface area contributed by atoms with Crippen molar-refractivity contribution in [3.05, 3.63) is 0 Å². The molecule has 146 valence electrons. The minimum absolute atomic E-state index is 0.00981. The Morgan fingerprint density at radius 3 is 2.69 bits per heavy atom. The summed E-state index contributed by atoms with van der Waals surface area (Å²) < 4.78 is 17.7. The summed E-state index contributed by atoms with van der Waals surface area (Å²) >= 11 is 0. The average Bonchev–Trinajstić information content (AvgIpc) is 3.10. The number of epoxide rings is 1. The van der Waals surface area contributed by atoms with Crippen molar-refractivity contribution < 1.29 is 28.9 Å². The van der Waals surface area contributed by atoms with E-state index in [2.05, 4.69) is 0 Å². The summed E-state index contributed by atoms with van der Waals surface area (Å²) in [6.45, 7) is 9.86. The first-order valence-corrected chi connectivity index (χ1v) is 9.84. The van der Waals surface area contributed by atoms with Gasteiger partial charge < -0.3 is 19.3 Å². The minimum Gasteiger partial charge on any atom is -0.462 e. The normalized spacial score (nSPS) is 52.0. The zero-order valence-electron chi connectivity index (χ0n) is 16.2. The predicted octanol–water partition coefficient (Wildman–Crippen LogP) is 2.07. The third-order valence-corrected chi connectivity index (χ3v) is 7.47. The molecule has 0 spiro atoms. The summed E-state index contributed by atoms with van der Waals surface area (Å²) in [6.07, 6.45) is 0.0373. The van der Waals surface area contributed by atoms with Crippen LogP contribution in [0.15, 0.2) is 0 Å². The largest absolute Gasteiger partial charge is 0.462 e. The maximum absolute atomic E-state index is 12.4. The van der Waals surface area contributed by atoms with Gasteiger partial charge in [0.25, 0.3) is 0 Å². The lowest BCUT2D eigenvalue weighted by molar-refractivity contribution is -0.212. The van der Waals surface area contributed by atoms with Crippen LogP contribution in [0.5, 0.6) is 0 Å². The second-order valence-electron chi connectivity index (χ2n) is 9.55. The molecule has 0 aromatic heterocycles. The van der Waals surface area contributed by atoms with Crippen LogP contribution in [-0.4, -0.2) is 47.1 Å². The Kier molecular flexibility index (Phi) is 3.98. The first-order chi connectivity index (χ1) is 12.1. The van der Waals surface area contributed by atoms with Crippen molar-refractivity contribution >= 4 is 11.9 Å². The monoisotopic (exact) mass is 366 g/mol. The molecule has 6 nitrogen and oxygen atoms in total. The molecule has 9 atom stereocenters. The van der Waals surface area contributed by atoms with Crippen LogP contribution in [0.2, 0.25) is 0 Å². The van der Waals surface area contributed by atoms with Crippen molar-refractivity contribution in [2.75, 3.05) is 0 Å². The first-order valence-electron chi connectivity index (χ1n) is 9.84. The van der Waals surface area contributed by atoms with Gasteiger partial charge in [0, 0.05) is 30.1 Å². The van der Waals surface area contributed by atoms with Gasteiger partial charge in [0.2, 0.25) is 0 Å². The minimum atomic E-state index is -0.681. The molecule has 4 aliphatic rings. The summed E-state index contributed by atoms with van der Waals surface area (Å²) in [5.74, 6) is -0.633. The van der Waals surface area contributed by atoms with Crippen molar-refractivity contribution in [1.29, 1.82) is 0 Å². The van der Waals surface area contributed by atoms with Crippen LogP contribution < -0.4 is 0 Å². The summed E-state index contributed by atoms with van der Waals surface area (Å²) in [4.78, 5) is 24.7. The molecule has 2 saturated heterocycles. The van der Waals surface area contributed by atoms with Crippen LogP contribution in [-0.2, 0) is 23.8 Å². The van der Waals surface area contributed by atoms with Crippen LogP contribution in [0.25, 0.3) is 0 Å². The topological polar surface area (TPSA) is 85.4 Å². The van der Waals surface area contributed by atoms with Gasteiger partial charge in [0.05, 0.1) is 23.7 Å². The van der Waals surface area contributed by atoms with Gasteiger partial charge in [-0.3, -0.25) is 9.59 Å². The van der Waals surface area contributed by atoms with Gasteiger partial charge in [-0.2, -0.15) is 0 Å². The lowest BCUT2D eigenvalue weighted by atomic mass is 9.51. The highest BCUT2D eigenvalue weighted by molar-refractivity contribution is 5.75. The SMILES string of the molecule is CC(C)CC(=O)OC1CC2C(C)C(=O)OC2C2C3(C)OC3CC(O)C12C. The number of fused-ring (bicyclic) bond motifs is 5. The number of aliphatic hydroxyl groups is 1. The molecule has 2 aliphatic carbocycles. The Labute approximate surface area is 154 Å². The highest BCUT2D eigenvalue weighted by atomic mass is 16.6. The lowest BCUT2D eigenvalue weighted by Gasteiger charge is -2.56. The zero-order valence-corrected chi connectivity index (χ0v) is 16.2. The van der Waals surface area contributed by atoms with Crippen LogP contribution in [0.4, 0.5) is 0 Å². The molecule has 4 rings (SSSR count). The van der Waals surface area contributed by atoms with Gasteiger partial charge >= 0.3 is 11.9 Å². The molecule has 0 radical (unpaired) electrons. The molecular formula is C20H30O6. The van der Waals surface area contributed by atoms with Gasteiger partial charge in [0.1, 0.15) is 12.2 Å². The molecule has 2 heterocycles. The second-order valence-corrected chi connectivity index (χ2v) is 9.55. The summed E-state index contributed by atoms with van der Waals surface area (Å²) in [5, 5.41) is 11.0. The Hall–Kier alpha value is -1.14. The van der Waals surface area contributed by atoms with Gasteiger partial charge in [-0.05, 0) is 19.3 Å². The quantitative estimate of drug-likeness (QED) is 0.608. The Bertz CT molecular complexity index is 632. The number of ether oxygens (including phenoxy) is 3.